The first-order valence-corrected chi connectivity index (χ1v) is 21.8. The molecular weight excluding hydrogens is 655 g/mol. The van der Waals surface area contributed by atoms with Gasteiger partial charge in [0.2, 0.25) is 0 Å². The van der Waals surface area contributed by atoms with Crippen LogP contribution in [-0.2, 0) is 6.42 Å². The van der Waals surface area contributed by atoms with E-state index < -0.39 is 8.07 Å². The van der Waals surface area contributed by atoms with E-state index >= 15 is 0 Å². The standard InChI is InChI=1S/C45H58Cl2OSi/c1-32(2)16-13-18-34(5)20-15-21-36-28-39-40-29-43(48-27-26-35(6)19-14-17-33(3)4)42(47)31-45(40)49(44(39)30-41(36)46,37-22-9-7-10-23-37)38-24-11-8-12-25-38/h7-12,22-25,28-35H,13-21,26-27H2,1-6H3. The third-order valence-electron chi connectivity index (χ3n) is 10.7. The number of hydrogen-bond donors (Lipinski definition) is 0. The molecule has 0 amide bonds. The van der Waals surface area contributed by atoms with Crippen LogP contribution in [0.15, 0.2) is 84.9 Å². The third kappa shape index (κ3) is 9.05. The van der Waals surface area contributed by atoms with Gasteiger partial charge < -0.3 is 4.74 Å². The van der Waals surface area contributed by atoms with Gasteiger partial charge in [0.15, 0.2) is 8.07 Å². The summed E-state index contributed by atoms with van der Waals surface area (Å²) in [6, 6.07) is 31.3. The number of hydrogen-bond acceptors (Lipinski definition) is 1. The molecule has 1 aliphatic heterocycles. The summed E-state index contributed by atoms with van der Waals surface area (Å²) in [5, 5.41) is 6.95. The van der Waals surface area contributed by atoms with Crippen LogP contribution in [0.2, 0.25) is 10.0 Å². The first-order valence-electron chi connectivity index (χ1n) is 19.0. The van der Waals surface area contributed by atoms with Gasteiger partial charge in [-0.2, -0.15) is 0 Å². The van der Waals surface area contributed by atoms with Gasteiger partial charge in [-0.05, 0) is 105 Å². The molecule has 0 saturated heterocycles. The fourth-order valence-corrected chi connectivity index (χ4v) is 13.8. The minimum atomic E-state index is -2.71. The van der Waals surface area contributed by atoms with Gasteiger partial charge in [-0.3, -0.25) is 0 Å². The molecule has 2 unspecified atom stereocenters. The van der Waals surface area contributed by atoms with Crippen molar-refractivity contribution >= 4 is 52.0 Å². The SMILES string of the molecule is CC(C)CCCC(C)CCCc1cc2c(cc1Cl)[Si](c1ccccc1)(c1ccccc1)c1cc(Cl)c(OCCC(C)CCCC(C)C)cc1-2. The molecule has 1 heterocycles. The average molecular weight is 714 g/mol. The summed E-state index contributed by atoms with van der Waals surface area (Å²) in [4.78, 5) is 0. The maximum absolute atomic E-state index is 7.27. The van der Waals surface area contributed by atoms with Gasteiger partial charge in [0.05, 0.1) is 11.6 Å². The Morgan fingerprint density at radius 2 is 1.04 bits per heavy atom. The molecule has 2 atom stereocenters. The van der Waals surface area contributed by atoms with Crippen LogP contribution in [0.25, 0.3) is 11.1 Å². The van der Waals surface area contributed by atoms with E-state index in [4.69, 9.17) is 27.9 Å². The van der Waals surface area contributed by atoms with E-state index in [2.05, 4.69) is 126 Å². The van der Waals surface area contributed by atoms with E-state index in [0.29, 0.717) is 17.5 Å². The highest BCUT2D eigenvalue weighted by Crippen LogP contribution is 2.38. The van der Waals surface area contributed by atoms with E-state index in [0.717, 1.165) is 47.8 Å². The van der Waals surface area contributed by atoms with Gasteiger partial charge in [-0.25, -0.2) is 0 Å². The lowest BCUT2D eigenvalue weighted by molar-refractivity contribution is 0.276. The first-order chi connectivity index (χ1) is 23.6. The van der Waals surface area contributed by atoms with Crippen LogP contribution in [0.5, 0.6) is 5.75 Å². The number of aryl methyl sites for hydroxylation is 1. The lowest BCUT2D eigenvalue weighted by Gasteiger charge is -2.31. The highest BCUT2D eigenvalue weighted by atomic mass is 35.5. The molecule has 1 aliphatic rings. The fourth-order valence-electron chi connectivity index (χ4n) is 7.90. The Bertz CT molecular complexity index is 1510. The van der Waals surface area contributed by atoms with Crippen molar-refractivity contribution in [2.24, 2.45) is 23.7 Å². The van der Waals surface area contributed by atoms with Crippen molar-refractivity contribution in [2.75, 3.05) is 6.61 Å². The Balaban J connectivity index is 1.51. The van der Waals surface area contributed by atoms with Crippen LogP contribution >= 0.6 is 23.2 Å². The minimum Gasteiger partial charge on any atom is -0.492 e. The summed E-state index contributed by atoms with van der Waals surface area (Å²) in [6.45, 7) is 14.7. The number of rotatable bonds is 18. The zero-order valence-corrected chi connectivity index (χ0v) is 33.3. The highest BCUT2D eigenvalue weighted by molar-refractivity contribution is 7.22. The third-order valence-corrected chi connectivity index (χ3v) is 16.2. The van der Waals surface area contributed by atoms with E-state index in [1.54, 1.807) is 0 Å². The van der Waals surface area contributed by atoms with E-state index in [9.17, 15) is 0 Å². The quantitative estimate of drug-likeness (QED) is 0.0822. The van der Waals surface area contributed by atoms with Crippen LogP contribution in [-0.4, -0.2) is 14.7 Å². The molecule has 0 radical (unpaired) electrons. The van der Waals surface area contributed by atoms with Crippen LogP contribution in [0.1, 0.15) is 105 Å². The zero-order chi connectivity index (χ0) is 35.0. The highest BCUT2D eigenvalue weighted by Gasteiger charge is 2.49. The monoisotopic (exact) mass is 712 g/mol. The molecule has 0 fully saturated rings. The van der Waals surface area contributed by atoms with Crippen molar-refractivity contribution in [3.63, 3.8) is 0 Å². The second-order valence-electron chi connectivity index (χ2n) is 15.7. The van der Waals surface area contributed by atoms with E-state index in [1.807, 2.05) is 0 Å². The summed E-state index contributed by atoms with van der Waals surface area (Å²) < 4.78 is 6.50. The molecule has 0 aromatic heterocycles. The molecule has 4 aromatic rings. The van der Waals surface area contributed by atoms with E-state index in [1.165, 1.54) is 82.4 Å². The molecule has 4 heteroatoms. The zero-order valence-electron chi connectivity index (χ0n) is 30.8. The first kappa shape index (κ1) is 37.7. The number of ether oxygens (including phenoxy) is 1. The summed E-state index contributed by atoms with van der Waals surface area (Å²) in [5.41, 5.74) is 3.79. The largest absolute Gasteiger partial charge is 0.492 e. The molecule has 5 rings (SSSR count). The lowest BCUT2D eigenvalue weighted by atomic mass is 9.94. The van der Waals surface area contributed by atoms with Gasteiger partial charge in [0.25, 0.3) is 0 Å². The predicted octanol–water partition coefficient (Wildman–Crippen LogP) is 11.4. The van der Waals surface area contributed by atoms with E-state index in [-0.39, 0.29) is 0 Å². The lowest BCUT2D eigenvalue weighted by Crippen LogP contribution is -2.72. The molecule has 0 aliphatic carbocycles. The van der Waals surface area contributed by atoms with Crippen LogP contribution < -0.4 is 25.5 Å². The van der Waals surface area contributed by atoms with Crippen molar-refractivity contribution in [3.05, 3.63) is 101 Å². The smallest absolute Gasteiger partial charge is 0.180 e. The molecule has 49 heavy (non-hydrogen) atoms. The Labute approximate surface area is 308 Å². The molecule has 0 saturated carbocycles. The molecule has 262 valence electrons. The van der Waals surface area contributed by atoms with Crippen molar-refractivity contribution in [3.8, 4) is 16.9 Å². The van der Waals surface area contributed by atoms with Crippen molar-refractivity contribution < 1.29 is 4.74 Å². The maximum Gasteiger partial charge on any atom is 0.180 e. The molecule has 0 bridgehead atoms. The molecule has 0 spiro atoms. The fraction of sp³-hybridized carbons (Fsp3) is 0.467. The predicted molar refractivity (Wildman–Crippen MR) is 218 cm³/mol. The van der Waals surface area contributed by atoms with Crippen LogP contribution in [0.4, 0.5) is 0 Å². The average Bonchev–Trinajstić information content (AvgIpc) is 3.33. The van der Waals surface area contributed by atoms with Gasteiger partial charge in [0.1, 0.15) is 5.75 Å². The Hall–Kier alpha value is -2.52. The normalized spacial score (nSPS) is 14.6. The molecular formula is C45H58Cl2OSi. The van der Waals surface area contributed by atoms with Crippen molar-refractivity contribution in [2.45, 2.75) is 106 Å². The second-order valence-corrected chi connectivity index (χ2v) is 20.2. The Morgan fingerprint density at radius 1 is 0.551 bits per heavy atom. The number of benzene rings is 4. The molecule has 4 aromatic carbocycles. The molecule has 0 N–H and O–H groups in total. The number of fused-ring (bicyclic) bond motifs is 3. The van der Waals surface area contributed by atoms with Crippen LogP contribution in [0, 0.1) is 23.7 Å². The Kier molecular flexibility index (Phi) is 13.6. The van der Waals surface area contributed by atoms with Gasteiger partial charge in [-0.15, -0.1) is 0 Å². The van der Waals surface area contributed by atoms with Gasteiger partial charge >= 0.3 is 0 Å². The molecule has 1 nitrogen and oxygen atoms in total. The summed E-state index contributed by atoms with van der Waals surface area (Å²) in [6.07, 6.45) is 12.2. The van der Waals surface area contributed by atoms with Gasteiger partial charge in [0, 0.05) is 5.02 Å². The Morgan fingerprint density at radius 3 is 1.59 bits per heavy atom. The number of halogens is 2. The maximum atomic E-state index is 7.27. The second kappa shape index (κ2) is 17.6. The van der Waals surface area contributed by atoms with Crippen molar-refractivity contribution in [1.82, 2.24) is 0 Å². The van der Waals surface area contributed by atoms with Crippen LogP contribution in [0.3, 0.4) is 0 Å². The summed E-state index contributed by atoms with van der Waals surface area (Å²) >= 11 is 14.4. The van der Waals surface area contributed by atoms with Gasteiger partial charge in [-0.1, -0.05) is 170 Å². The van der Waals surface area contributed by atoms with Crippen molar-refractivity contribution in [1.29, 1.82) is 0 Å². The minimum absolute atomic E-state index is 0.631. The summed E-state index contributed by atoms with van der Waals surface area (Å²) in [7, 11) is -2.71. The topological polar surface area (TPSA) is 9.23 Å². The summed E-state index contributed by atoms with van der Waals surface area (Å²) in [5.74, 6) is 3.71.